The van der Waals surface area contributed by atoms with Gasteiger partial charge in [-0.05, 0) is 139 Å². The number of pyridine rings is 3. The highest BCUT2D eigenvalue weighted by Gasteiger charge is 2.39. The van der Waals surface area contributed by atoms with Gasteiger partial charge >= 0.3 is 36.7 Å². The van der Waals surface area contributed by atoms with Crippen molar-refractivity contribution < 1.29 is 146 Å². The fourth-order valence-corrected chi connectivity index (χ4v) is 12.0. The van der Waals surface area contributed by atoms with E-state index in [1.165, 1.54) is 75.9 Å². The summed E-state index contributed by atoms with van der Waals surface area (Å²) in [6, 6.07) is 19.9. The molecule has 29 nitrogen and oxygen atoms in total. The summed E-state index contributed by atoms with van der Waals surface area (Å²) in [5, 5.41) is 29.9. The number of nitrogens with zero attached hydrogens (tertiary/aromatic N) is 6. The third kappa shape index (κ3) is 26.3. The number of hydrogen-bond donors (Lipinski definition) is 8. The first-order valence-corrected chi connectivity index (χ1v) is 39.0. The Labute approximate surface area is 734 Å². The van der Waals surface area contributed by atoms with E-state index >= 15 is 0 Å². The van der Waals surface area contributed by atoms with E-state index in [0.29, 0.717) is 24.1 Å². The van der Waals surface area contributed by atoms with Gasteiger partial charge in [0.05, 0.1) is 72.1 Å². The first-order valence-electron chi connectivity index (χ1n) is 39.0. The van der Waals surface area contributed by atoms with Gasteiger partial charge in [-0.25, -0.2) is 70.6 Å². The van der Waals surface area contributed by atoms with Crippen LogP contribution >= 0.6 is 0 Å². The fourth-order valence-electron chi connectivity index (χ4n) is 12.0. The van der Waals surface area contributed by atoms with Crippen LogP contribution in [-0.4, -0.2) is 136 Å². The highest BCUT2D eigenvalue weighted by molar-refractivity contribution is 6.01. The lowest BCUT2D eigenvalue weighted by atomic mass is 10.1. The molecule has 0 bridgehead atoms. The van der Waals surface area contributed by atoms with Crippen LogP contribution in [0.3, 0.4) is 0 Å². The average molecular weight is 1860 g/mol. The lowest BCUT2D eigenvalue weighted by Gasteiger charge is -2.24. The predicted molar refractivity (Wildman–Crippen MR) is 438 cm³/mol. The van der Waals surface area contributed by atoms with Crippen molar-refractivity contribution in [3.63, 3.8) is 0 Å². The average Bonchev–Trinajstić information content (AvgIpc) is 1.22. The molecule has 10 N–H and O–H groups in total. The van der Waals surface area contributed by atoms with E-state index in [-0.39, 0.29) is 164 Å². The van der Waals surface area contributed by atoms with Crippen LogP contribution in [0.25, 0.3) is 67.1 Å². The highest BCUT2D eigenvalue weighted by Crippen LogP contribution is 2.43. The zero-order valence-electron chi connectivity index (χ0n) is 71.2. The summed E-state index contributed by atoms with van der Waals surface area (Å²) in [6.07, 6.45) is -14.4. The number of unbranched alkanes of at least 4 members (excludes halogenated alkanes) is 1. The van der Waals surface area contributed by atoms with Crippen molar-refractivity contribution in [2.24, 2.45) is 11.5 Å². The summed E-state index contributed by atoms with van der Waals surface area (Å²) in [6.45, 7) is 11.1. The molecule has 0 aliphatic carbocycles. The molecule has 12 aromatic rings. The minimum atomic E-state index is -4.74. The Morgan fingerprint density at radius 1 is 0.458 bits per heavy atom. The van der Waals surface area contributed by atoms with E-state index < -0.39 is 142 Å². The van der Waals surface area contributed by atoms with Gasteiger partial charge in [-0.3, -0.25) is 9.59 Å². The van der Waals surface area contributed by atoms with Gasteiger partial charge < -0.3 is 89.4 Å². The smallest absolute Gasteiger partial charge is 0.433 e. The molecule has 0 aliphatic heterocycles. The monoisotopic (exact) mass is 1850 g/mol. The number of amides is 4. The zero-order valence-corrected chi connectivity index (χ0v) is 71.2. The summed E-state index contributed by atoms with van der Waals surface area (Å²) in [5.74, 6) is -8.74. The topological polar surface area (TPSA) is 407 Å². The van der Waals surface area contributed by atoms with Gasteiger partial charge in [0.15, 0.2) is 34.4 Å². The highest BCUT2D eigenvalue weighted by atomic mass is 19.4. The number of alkyl carbamates (subject to hydrolysis) is 2. The Morgan fingerprint density at radius 2 is 0.802 bits per heavy atom. The summed E-state index contributed by atoms with van der Waals surface area (Å²) >= 11 is 0. The van der Waals surface area contributed by atoms with Crippen LogP contribution in [0, 0.1) is 34.9 Å². The van der Waals surface area contributed by atoms with Crippen LogP contribution in [0.5, 0.6) is 17.2 Å². The number of carbonyl (C=O) groups excluding carboxylic acids is 4. The molecule has 6 aromatic heterocycles. The van der Waals surface area contributed by atoms with E-state index in [9.17, 15) is 100 Å². The van der Waals surface area contributed by atoms with E-state index in [2.05, 4.69) is 51.2 Å². The third-order valence-electron chi connectivity index (χ3n) is 18.5. The Bertz CT molecular complexity index is 6100. The summed E-state index contributed by atoms with van der Waals surface area (Å²) < 4.78 is 254. The fraction of sp³-hybridized carbons (Fsp3) is 0.322. The minimum absolute atomic E-state index is 0.000772. The van der Waals surface area contributed by atoms with Crippen molar-refractivity contribution in [3.8, 4) is 51.6 Å². The molecule has 0 fully saturated rings. The number of aliphatic hydroxyl groups excluding tert-OH is 1. The van der Waals surface area contributed by atoms with Gasteiger partial charge in [0.1, 0.15) is 97.9 Å². The van der Waals surface area contributed by atoms with E-state index in [1.54, 1.807) is 41.5 Å². The summed E-state index contributed by atoms with van der Waals surface area (Å²) in [5.41, 5.74) is 5.45. The Kier molecular flexibility index (Phi) is 33.3. The maximum atomic E-state index is 14.3. The second-order valence-corrected chi connectivity index (χ2v) is 30.0. The number of ether oxygens (including phenoxy) is 7. The second-order valence-electron chi connectivity index (χ2n) is 30.0. The second kappa shape index (κ2) is 43.1. The molecule has 0 unspecified atom stereocenters. The number of nitrogens with one attached hydrogen (secondary N) is 4. The number of rotatable bonds is 27. The van der Waals surface area contributed by atoms with Gasteiger partial charge in [-0.15, -0.1) is 0 Å². The number of carbonyl (C=O) groups is 5. The van der Waals surface area contributed by atoms with Crippen molar-refractivity contribution in [3.05, 3.63) is 230 Å². The van der Waals surface area contributed by atoms with Gasteiger partial charge in [0.2, 0.25) is 17.7 Å². The Balaban J connectivity index is 0.000000210. The van der Waals surface area contributed by atoms with Crippen LogP contribution in [0.1, 0.15) is 162 Å². The number of hydrogen-bond acceptors (Lipinski definition) is 24. The normalized spacial score (nSPS) is 12.4. The number of carboxylic acids is 1. The number of carboxylic acid groups (broad SMARTS) is 1. The molecule has 0 aliphatic rings. The first kappa shape index (κ1) is 101. The number of benzene rings is 6. The van der Waals surface area contributed by atoms with Crippen molar-refractivity contribution in [2.45, 2.75) is 129 Å². The number of alkyl halides is 9. The maximum absolute atomic E-state index is 14.3. The number of oxazole rings is 3. The standard InChI is InChI=1S/C30H29F5N4O6.C26H30F3N3O7.C24H19F5N4O4.C7H7F2N/c1-29(2,3)44-14-20(37-28(41)43-5)25-24(26(40)36-13-15-6-7-16(31)12-19(15)32)39-27(45-25)18-8-10-21(42-4)23-17(18)9-11-22(38-23)30(33,34)35;1-6-7-12-37-24(35)30-16(13-38-25(2,3)4)21-20(23(33)34)32-22(39-21)15-8-10-17(36-5)19-14(15)9-11-18(31-19)26(27,28)29;1-36-17-6-4-14(13-5-7-18(24(27,28)29)32-19(13)17)23-33-20(21(37-23)16(30)10-34)22(35)31-9-11-2-3-12(25)8-15(11)26;8-6-2-1-5(4-10)7(9)3-6/h6-12,20H,13-14H2,1-5H3,(H,36,40)(H,37,41);8-11,16H,6-7,12-13H2,1-5H3,(H,30,35)(H,33,34);2-8,16,34H,9-10,30H2,1H3,(H,31,35);1-3H,4,10H2/t20-;2*16-;/m000./s1. The summed E-state index contributed by atoms with van der Waals surface area (Å²) in [4.78, 5) is 86.9. The lowest BCUT2D eigenvalue weighted by molar-refractivity contribution is -0.141. The number of fused-ring (bicyclic) bond motifs is 3. The Hall–Kier alpha value is -13.7. The molecular weight excluding hydrogens is 1770 g/mol. The van der Waals surface area contributed by atoms with Crippen LogP contribution in [-0.2, 0) is 57.1 Å². The maximum Gasteiger partial charge on any atom is 0.433 e. The number of halogens is 15. The number of nitrogens with two attached hydrogens (primary N) is 2. The molecule has 700 valence electrons. The molecule has 12 rings (SSSR count). The zero-order chi connectivity index (χ0) is 96.5. The Morgan fingerprint density at radius 3 is 1.12 bits per heavy atom. The minimum Gasteiger partial charge on any atom is -0.494 e. The van der Waals surface area contributed by atoms with Crippen molar-refractivity contribution in [1.29, 1.82) is 0 Å². The van der Waals surface area contributed by atoms with Crippen molar-refractivity contribution >= 4 is 62.7 Å². The molecule has 4 amide bonds. The number of aliphatic hydroxyl groups is 1. The van der Waals surface area contributed by atoms with Crippen LogP contribution in [0.15, 0.2) is 141 Å². The third-order valence-corrected chi connectivity index (χ3v) is 18.5. The van der Waals surface area contributed by atoms with Gasteiger partial charge in [-0.1, -0.05) is 31.5 Å². The van der Waals surface area contributed by atoms with Crippen molar-refractivity contribution in [2.75, 3.05) is 54.9 Å². The molecule has 0 saturated carbocycles. The molecule has 6 heterocycles. The molecule has 0 radical (unpaired) electrons. The SMILES string of the molecule is CCCCOC(=O)N[C@@H](COC(C)(C)C)c1oc(-c2ccc(OC)c3nc(C(F)(F)F)ccc23)nc1C(=O)O.COC(=O)N[C@@H](COC(C)(C)C)c1oc(-c2ccc(OC)c3nc(C(F)(F)F)ccc23)nc1C(=O)NCc1ccc(F)cc1F.COc1ccc(-c2nc(C(=O)NCc3ccc(F)cc3F)c([C@@H](N)CO)o2)c2ccc(C(F)(F)F)nc12.NCc1ccc(F)cc1F. The van der Waals surface area contributed by atoms with Crippen LogP contribution in [0.2, 0.25) is 0 Å². The van der Waals surface area contributed by atoms with Gasteiger partial charge in [-0.2, -0.15) is 39.5 Å². The van der Waals surface area contributed by atoms with E-state index in [1.807, 2.05) is 6.92 Å². The largest absolute Gasteiger partial charge is 0.494 e. The molecule has 3 atom stereocenters. The molecule has 0 spiro atoms. The number of aromatic nitrogens is 6. The molecule has 131 heavy (non-hydrogen) atoms. The van der Waals surface area contributed by atoms with E-state index in [0.717, 1.165) is 74.2 Å². The molecule has 44 heteroatoms. The van der Waals surface area contributed by atoms with E-state index in [4.69, 9.17) is 57.9 Å². The lowest BCUT2D eigenvalue weighted by Crippen LogP contribution is -2.35. The predicted octanol–water partition coefficient (Wildman–Crippen LogP) is 17.9. The molecule has 0 saturated heterocycles. The first-order chi connectivity index (χ1) is 61.6. The quantitative estimate of drug-likeness (QED) is 0.0175. The van der Waals surface area contributed by atoms with Gasteiger partial charge in [0, 0.05) is 87.4 Å². The van der Waals surface area contributed by atoms with Crippen LogP contribution in [0.4, 0.5) is 75.4 Å². The number of methoxy groups -OCH3 is 4. The molecule has 6 aromatic carbocycles. The molecular formula is C87H85F15N12O17. The van der Waals surface area contributed by atoms with Gasteiger partial charge in [0.25, 0.3) is 11.8 Å². The van der Waals surface area contributed by atoms with Crippen molar-refractivity contribution in [1.82, 2.24) is 51.2 Å². The van der Waals surface area contributed by atoms with Crippen LogP contribution < -0.4 is 46.9 Å². The number of aromatic carboxylic acids is 1. The summed E-state index contributed by atoms with van der Waals surface area (Å²) in [7, 11) is 4.95.